The zero-order chi connectivity index (χ0) is 27.1. The Morgan fingerprint density at radius 1 is 1.00 bits per heavy atom. The lowest BCUT2D eigenvalue weighted by molar-refractivity contribution is 0.0741. The highest BCUT2D eigenvalue weighted by Gasteiger charge is 2.20. The fraction of sp³-hybridized carbons (Fsp3) is 0.500. The molecule has 0 bridgehead atoms. The zero-order valence-corrected chi connectivity index (χ0v) is 25.1. The molecule has 0 atom stereocenters. The smallest absolute Gasteiger partial charge is 0.253 e. The predicted molar refractivity (Wildman–Crippen MR) is 162 cm³/mol. The van der Waals surface area contributed by atoms with E-state index < -0.39 is 0 Å². The molecular weight excluding hydrogens is 536 g/mol. The molecule has 6 heteroatoms. The van der Waals surface area contributed by atoms with Crippen molar-refractivity contribution in [2.45, 2.75) is 59.8 Å². The van der Waals surface area contributed by atoms with E-state index in [1.807, 2.05) is 27.7 Å². The molecule has 2 aromatic heterocycles. The second-order valence-electron chi connectivity index (χ2n) is 11.4. The summed E-state index contributed by atoms with van der Waals surface area (Å²) in [6, 6.07) is 12.3. The fourth-order valence-corrected chi connectivity index (χ4v) is 5.23. The molecule has 1 aliphatic heterocycles. The number of aromatic nitrogens is 2. The number of benzene rings is 1. The van der Waals surface area contributed by atoms with Crippen molar-refractivity contribution in [3.8, 4) is 11.3 Å². The Labute approximate surface area is 237 Å². The number of pyridine rings is 1. The monoisotopic (exact) mass is 578 g/mol. The van der Waals surface area contributed by atoms with Gasteiger partial charge in [-0.1, -0.05) is 74.3 Å². The number of halogens is 1. The van der Waals surface area contributed by atoms with Gasteiger partial charge in [0, 0.05) is 47.0 Å². The molecular formula is C32H43BrN4O. The quantitative estimate of drug-likeness (QED) is 0.233. The van der Waals surface area contributed by atoms with Crippen molar-refractivity contribution >= 4 is 33.4 Å². The maximum Gasteiger partial charge on any atom is 0.253 e. The Bertz CT molecular complexity index is 1210. The molecule has 3 heterocycles. The van der Waals surface area contributed by atoms with E-state index in [0.717, 1.165) is 64.8 Å². The third-order valence-electron chi connectivity index (χ3n) is 7.37. The van der Waals surface area contributed by atoms with Gasteiger partial charge in [-0.3, -0.25) is 9.69 Å². The fourth-order valence-electron chi connectivity index (χ4n) is 4.97. The first-order valence-corrected chi connectivity index (χ1v) is 15.1. The summed E-state index contributed by atoms with van der Waals surface area (Å²) in [7, 11) is 0. The third kappa shape index (κ3) is 7.57. The molecule has 0 saturated carbocycles. The van der Waals surface area contributed by atoms with Gasteiger partial charge >= 0.3 is 0 Å². The van der Waals surface area contributed by atoms with Crippen LogP contribution in [0.2, 0.25) is 0 Å². The maximum atomic E-state index is 13.7. The van der Waals surface area contributed by atoms with E-state index in [9.17, 15) is 4.79 Å². The highest BCUT2D eigenvalue weighted by molar-refractivity contribution is 9.10. The molecule has 0 spiro atoms. The van der Waals surface area contributed by atoms with Crippen molar-refractivity contribution in [1.29, 1.82) is 0 Å². The normalized spacial score (nSPS) is 14.8. The van der Waals surface area contributed by atoms with E-state index in [2.05, 4.69) is 84.9 Å². The number of fused-ring (bicyclic) bond motifs is 1. The van der Waals surface area contributed by atoms with Gasteiger partial charge in [0.15, 0.2) is 0 Å². The molecule has 1 saturated heterocycles. The first-order chi connectivity index (χ1) is 18.3. The molecule has 38 heavy (non-hydrogen) atoms. The lowest BCUT2D eigenvalue weighted by atomic mass is 10.0. The number of piperidine rings is 1. The van der Waals surface area contributed by atoms with Gasteiger partial charge in [-0.05, 0) is 74.9 Å². The standard InChI is InChI=1S/C32H43BrN4O/c1-24(2)14-20-36(21-15-25(3)4)32(38)27-16-22-37-30(23-27)29(9-8-19-35-17-6-5-7-18-35)31(34-37)26-10-12-28(33)13-11-26/h8-13,16,22-25H,5-7,14-15,17-21H2,1-4H3. The summed E-state index contributed by atoms with van der Waals surface area (Å²) in [5.74, 6) is 1.24. The summed E-state index contributed by atoms with van der Waals surface area (Å²) in [4.78, 5) is 18.3. The molecule has 1 amide bonds. The molecule has 1 aromatic carbocycles. The van der Waals surface area contributed by atoms with Crippen LogP contribution < -0.4 is 0 Å². The topological polar surface area (TPSA) is 40.9 Å². The van der Waals surface area contributed by atoms with Crippen LogP contribution in [-0.2, 0) is 0 Å². The van der Waals surface area contributed by atoms with Crippen LogP contribution in [0.25, 0.3) is 22.9 Å². The van der Waals surface area contributed by atoms with Crippen molar-refractivity contribution in [3.05, 3.63) is 64.3 Å². The van der Waals surface area contributed by atoms with Crippen LogP contribution in [0.15, 0.2) is 53.1 Å². The van der Waals surface area contributed by atoms with Crippen LogP contribution in [-0.4, -0.2) is 58.0 Å². The van der Waals surface area contributed by atoms with Crippen LogP contribution in [0.3, 0.4) is 0 Å². The Kier molecular flexibility index (Phi) is 10.2. The van der Waals surface area contributed by atoms with Crippen molar-refractivity contribution in [3.63, 3.8) is 0 Å². The van der Waals surface area contributed by atoms with Crippen LogP contribution >= 0.6 is 15.9 Å². The molecule has 0 aliphatic carbocycles. The second-order valence-corrected chi connectivity index (χ2v) is 12.4. The molecule has 0 radical (unpaired) electrons. The largest absolute Gasteiger partial charge is 0.339 e. The summed E-state index contributed by atoms with van der Waals surface area (Å²) in [6.07, 6.45) is 12.3. The maximum absolute atomic E-state index is 13.7. The summed E-state index contributed by atoms with van der Waals surface area (Å²) < 4.78 is 2.96. The van der Waals surface area contributed by atoms with Gasteiger partial charge in [0.05, 0.1) is 5.52 Å². The van der Waals surface area contributed by atoms with Crippen molar-refractivity contribution < 1.29 is 4.79 Å². The van der Waals surface area contributed by atoms with Gasteiger partial charge in [0.25, 0.3) is 5.91 Å². The average molecular weight is 580 g/mol. The van der Waals surface area contributed by atoms with Crippen LogP contribution in [0, 0.1) is 11.8 Å². The Hall–Kier alpha value is -2.44. The summed E-state index contributed by atoms with van der Waals surface area (Å²) in [6.45, 7) is 13.7. The zero-order valence-electron chi connectivity index (χ0n) is 23.5. The first kappa shape index (κ1) is 28.6. The number of rotatable bonds is 11. The predicted octanol–water partition coefficient (Wildman–Crippen LogP) is 7.80. The molecule has 1 fully saturated rings. The van der Waals surface area contributed by atoms with Crippen molar-refractivity contribution in [2.24, 2.45) is 11.8 Å². The van der Waals surface area contributed by atoms with Gasteiger partial charge in [0.2, 0.25) is 0 Å². The minimum absolute atomic E-state index is 0.114. The van der Waals surface area contributed by atoms with E-state index in [1.165, 1.54) is 32.4 Å². The summed E-state index contributed by atoms with van der Waals surface area (Å²) >= 11 is 3.55. The molecule has 3 aromatic rings. The Morgan fingerprint density at radius 3 is 2.29 bits per heavy atom. The lowest BCUT2D eigenvalue weighted by Crippen LogP contribution is -2.34. The number of hydrogen-bond acceptors (Lipinski definition) is 3. The average Bonchev–Trinajstić information content (AvgIpc) is 3.27. The number of carbonyl (C=O) groups is 1. The molecule has 0 N–H and O–H groups in total. The molecule has 204 valence electrons. The van der Waals surface area contributed by atoms with E-state index in [4.69, 9.17) is 5.10 Å². The number of nitrogens with zero attached hydrogens (tertiary/aromatic N) is 4. The molecule has 4 rings (SSSR count). The minimum Gasteiger partial charge on any atom is -0.339 e. The van der Waals surface area contributed by atoms with E-state index in [0.29, 0.717) is 11.8 Å². The SMILES string of the molecule is CC(C)CCN(CCC(C)C)C(=O)c1ccn2nc(-c3ccc(Br)cc3)c(C=CCN3CCCCC3)c2c1. The number of likely N-dealkylation sites (tertiary alicyclic amines) is 1. The Morgan fingerprint density at radius 2 is 1.66 bits per heavy atom. The molecule has 1 aliphatic rings. The molecule has 5 nitrogen and oxygen atoms in total. The number of amides is 1. The van der Waals surface area contributed by atoms with E-state index in [-0.39, 0.29) is 5.91 Å². The van der Waals surface area contributed by atoms with Crippen LogP contribution in [0.5, 0.6) is 0 Å². The molecule has 0 unspecified atom stereocenters. The number of carbonyl (C=O) groups excluding carboxylic acids is 1. The van der Waals surface area contributed by atoms with Gasteiger partial charge in [-0.15, -0.1) is 0 Å². The van der Waals surface area contributed by atoms with Crippen LogP contribution in [0.4, 0.5) is 0 Å². The van der Waals surface area contributed by atoms with E-state index >= 15 is 0 Å². The van der Waals surface area contributed by atoms with E-state index in [1.54, 1.807) is 0 Å². The first-order valence-electron chi connectivity index (χ1n) is 14.3. The summed E-state index contributed by atoms with van der Waals surface area (Å²) in [5.41, 5.74) is 4.77. The van der Waals surface area contributed by atoms with Crippen LogP contribution in [0.1, 0.15) is 75.7 Å². The van der Waals surface area contributed by atoms with Crippen molar-refractivity contribution in [2.75, 3.05) is 32.7 Å². The van der Waals surface area contributed by atoms with Crippen molar-refractivity contribution in [1.82, 2.24) is 19.4 Å². The van der Waals surface area contributed by atoms with Gasteiger partial charge in [0.1, 0.15) is 5.69 Å². The lowest BCUT2D eigenvalue weighted by Gasteiger charge is -2.25. The second kappa shape index (κ2) is 13.6. The van der Waals surface area contributed by atoms with Gasteiger partial charge < -0.3 is 4.90 Å². The third-order valence-corrected chi connectivity index (χ3v) is 7.90. The number of hydrogen-bond donors (Lipinski definition) is 0. The minimum atomic E-state index is 0.114. The Balaban J connectivity index is 1.68. The van der Waals surface area contributed by atoms with Gasteiger partial charge in [-0.2, -0.15) is 5.10 Å². The summed E-state index contributed by atoms with van der Waals surface area (Å²) in [5, 5.41) is 4.95. The highest BCUT2D eigenvalue weighted by Crippen LogP contribution is 2.29. The highest BCUT2D eigenvalue weighted by atomic mass is 79.9. The van der Waals surface area contributed by atoms with Gasteiger partial charge in [-0.25, -0.2) is 4.52 Å².